The lowest BCUT2D eigenvalue weighted by atomic mass is 10.1. The van der Waals surface area contributed by atoms with Gasteiger partial charge >= 0.3 is 5.97 Å². The number of aromatic hydroxyl groups is 1. The molecule has 1 saturated heterocycles. The van der Waals surface area contributed by atoms with Crippen LogP contribution in [0, 0.1) is 0 Å². The summed E-state index contributed by atoms with van der Waals surface area (Å²) in [5, 5.41) is 18.7. The molecule has 1 fully saturated rings. The molecule has 1 amide bonds. The number of morpholine rings is 1. The van der Waals surface area contributed by atoms with E-state index >= 15 is 0 Å². The number of carbonyl (C=O) groups excluding carboxylic acids is 1. The van der Waals surface area contributed by atoms with Gasteiger partial charge in [0.1, 0.15) is 11.5 Å². The predicted octanol–water partition coefficient (Wildman–Crippen LogP) is 0.326. The Labute approximate surface area is 115 Å². The molecular formula is C13H15NO6. The zero-order valence-corrected chi connectivity index (χ0v) is 10.9. The normalized spacial score (nSPS) is 18.6. The number of benzene rings is 1. The fourth-order valence-electron chi connectivity index (χ4n) is 1.97. The Kier molecular flexibility index (Phi) is 4.09. The number of aliphatic carboxylic acids is 1. The van der Waals surface area contributed by atoms with Crippen LogP contribution in [0.5, 0.6) is 11.5 Å². The number of hydrogen-bond acceptors (Lipinski definition) is 5. The minimum Gasteiger partial charge on any atom is -0.507 e. The maximum absolute atomic E-state index is 12.3. The highest BCUT2D eigenvalue weighted by Crippen LogP contribution is 2.25. The van der Waals surface area contributed by atoms with Crippen molar-refractivity contribution in [3.05, 3.63) is 23.8 Å². The van der Waals surface area contributed by atoms with Crippen molar-refractivity contribution in [3.8, 4) is 11.5 Å². The lowest BCUT2D eigenvalue weighted by Crippen LogP contribution is -2.48. The second-order valence-electron chi connectivity index (χ2n) is 4.33. The maximum Gasteiger partial charge on any atom is 0.334 e. The van der Waals surface area contributed by atoms with Crippen LogP contribution in [0.2, 0.25) is 0 Å². The van der Waals surface area contributed by atoms with Gasteiger partial charge in [0.15, 0.2) is 6.10 Å². The number of nitrogens with zero attached hydrogens (tertiary/aromatic N) is 1. The number of phenols is 1. The average Bonchev–Trinajstić information content (AvgIpc) is 2.46. The summed E-state index contributed by atoms with van der Waals surface area (Å²) in [4.78, 5) is 24.5. The molecule has 1 unspecified atom stereocenters. The van der Waals surface area contributed by atoms with Crippen molar-refractivity contribution in [1.82, 2.24) is 4.90 Å². The van der Waals surface area contributed by atoms with E-state index in [4.69, 9.17) is 14.6 Å². The first-order valence-electron chi connectivity index (χ1n) is 6.03. The monoisotopic (exact) mass is 281 g/mol. The Morgan fingerprint density at radius 3 is 2.80 bits per heavy atom. The van der Waals surface area contributed by atoms with E-state index in [0.717, 1.165) is 0 Å². The van der Waals surface area contributed by atoms with E-state index in [9.17, 15) is 14.7 Å². The van der Waals surface area contributed by atoms with E-state index < -0.39 is 18.0 Å². The first kappa shape index (κ1) is 14.1. The Morgan fingerprint density at radius 1 is 1.45 bits per heavy atom. The molecule has 2 rings (SSSR count). The zero-order valence-electron chi connectivity index (χ0n) is 10.9. The van der Waals surface area contributed by atoms with Gasteiger partial charge in [0.2, 0.25) is 0 Å². The van der Waals surface area contributed by atoms with Crippen LogP contribution in [-0.2, 0) is 9.53 Å². The molecule has 0 saturated carbocycles. The van der Waals surface area contributed by atoms with Crippen molar-refractivity contribution in [2.45, 2.75) is 6.10 Å². The highest BCUT2D eigenvalue weighted by Gasteiger charge is 2.30. The molecule has 2 N–H and O–H groups in total. The fourth-order valence-corrected chi connectivity index (χ4v) is 1.97. The third kappa shape index (κ3) is 2.83. The van der Waals surface area contributed by atoms with E-state index in [1.807, 2.05) is 0 Å². The van der Waals surface area contributed by atoms with Gasteiger partial charge in [-0.2, -0.15) is 0 Å². The summed E-state index contributed by atoms with van der Waals surface area (Å²) in [7, 11) is 1.45. The first-order valence-corrected chi connectivity index (χ1v) is 6.03. The summed E-state index contributed by atoms with van der Waals surface area (Å²) in [6.07, 6.45) is -1.03. The number of methoxy groups -OCH3 is 1. The van der Waals surface area contributed by atoms with Gasteiger partial charge < -0.3 is 24.6 Å². The van der Waals surface area contributed by atoms with E-state index in [1.165, 1.54) is 24.1 Å². The van der Waals surface area contributed by atoms with Crippen molar-refractivity contribution in [3.63, 3.8) is 0 Å². The molecule has 0 aliphatic carbocycles. The average molecular weight is 281 g/mol. The molecule has 20 heavy (non-hydrogen) atoms. The van der Waals surface area contributed by atoms with E-state index in [1.54, 1.807) is 6.07 Å². The minimum atomic E-state index is -1.11. The fraction of sp³-hybridized carbons (Fsp3) is 0.385. The molecule has 1 aromatic rings. The van der Waals surface area contributed by atoms with Crippen LogP contribution in [0.15, 0.2) is 18.2 Å². The van der Waals surface area contributed by atoms with Crippen LogP contribution < -0.4 is 4.74 Å². The van der Waals surface area contributed by atoms with Gasteiger partial charge in [0.05, 0.1) is 25.8 Å². The highest BCUT2D eigenvalue weighted by molar-refractivity contribution is 5.97. The first-order chi connectivity index (χ1) is 9.52. The third-order valence-corrected chi connectivity index (χ3v) is 3.06. The standard InChI is InChI=1S/C13H15NO6/c1-19-8-2-3-9(10(15)6-8)12(16)14-4-5-20-11(7-14)13(17)18/h2-3,6,11,15H,4-5,7H2,1H3,(H,17,18). The lowest BCUT2D eigenvalue weighted by molar-refractivity contribution is -0.154. The molecular weight excluding hydrogens is 266 g/mol. The number of carbonyl (C=O) groups is 2. The molecule has 1 atom stereocenters. The molecule has 1 aliphatic heterocycles. The van der Waals surface area contributed by atoms with Gasteiger partial charge in [0, 0.05) is 12.6 Å². The zero-order chi connectivity index (χ0) is 14.7. The molecule has 0 aromatic heterocycles. The highest BCUT2D eigenvalue weighted by atomic mass is 16.5. The van der Waals surface area contributed by atoms with Gasteiger partial charge in [-0.3, -0.25) is 4.79 Å². The summed E-state index contributed by atoms with van der Waals surface area (Å²) < 4.78 is 9.99. The van der Waals surface area contributed by atoms with E-state index in [-0.39, 0.29) is 31.0 Å². The van der Waals surface area contributed by atoms with Gasteiger partial charge in [0.25, 0.3) is 5.91 Å². The number of carboxylic acids is 1. The van der Waals surface area contributed by atoms with Crippen LogP contribution in [0.1, 0.15) is 10.4 Å². The van der Waals surface area contributed by atoms with Crippen molar-refractivity contribution >= 4 is 11.9 Å². The number of rotatable bonds is 3. The number of amides is 1. The largest absolute Gasteiger partial charge is 0.507 e. The number of carboxylic acid groups (broad SMARTS) is 1. The van der Waals surface area contributed by atoms with E-state index in [0.29, 0.717) is 5.75 Å². The van der Waals surface area contributed by atoms with Crippen LogP contribution >= 0.6 is 0 Å². The van der Waals surface area contributed by atoms with Crippen molar-refractivity contribution in [1.29, 1.82) is 0 Å². The van der Waals surface area contributed by atoms with Gasteiger partial charge in [-0.25, -0.2) is 4.79 Å². The van der Waals surface area contributed by atoms with Crippen LogP contribution in [-0.4, -0.2) is 59.9 Å². The Balaban J connectivity index is 2.16. The molecule has 1 aromatic carbocycles. The smallest absolute Gasteiger partial charge is 0.334 e. The third-order valence-electron chi connectivity index (χ3n) is 3.06. The quantitative estimate of drug-likeness (QED) is 0.828. The van der Waals surface area contributed by atoms with Crippen LogP contribution in [0.4, 0.5) is 0 Å². The Morgan fingerprint density at radius 2 is 2.20 bits per heavy atom. The summed E-state index contributed by atoms with van der Waals surface area (Å²) in [5.74, 6) is -1.31. The second-order valence-corrected chi connectivity index (χ2v) is 4.33. The molecule has 0 radical (unpaired) electrons. The minimum absolute atomic E-state index is 0.0420. The Bertz CT molecular complexity index is 530. The molecule has 1 heterocycles. The van der Waals surface area contributed by atoms with Crippen molar-refractivity contribution in [2.24, 2.45) is 0 Å². The SMILES string of the molecule is COc1ccc(C(=O)N2CCOC(C(=O)O)C2)c(O)c1. The van der Waals surface area contributed by atoms with Gasteiger partial charge in [-0.05, 0) is 12.1 Å². The molecule has 7 heteroatoms. The molecule has 108 valence electrons. The number of ether oxygens (including phenoxy) is 2. The second kappa shape index (κ2) is 5.79. The summed E-state index contributed by atoms with van der Waals surface area (Å²) in [6.45, 7) is 0.396. The molecule has 0 bridgehead atoms. The molecule has 0 spiro atoms. The number of phenolic OH excluding ortho intramolecular Hbond substituents is 1. The topological polar surface area (TPSA) is 96.3 Å². The van der Waals surface area contributed by atoms with Crippen molar-refractivity contribution in [2.75, 3.05) is 26.8 Å². The van der Waals surface area contributed by atoms with Crippen LogP contribution in [0.3, 0.4) is 0 Å². The van der Waals surface area contributed by atoms with Gasteiger partial charge in [-0.1, -0.05) is 0 Å². The summed E-state index contributed by atoms with van der Waals surface area (Å²) >= 11 is 0. The van der Waals surface area contributed by atoms with Crippen molar-refractivity contribution < 1.29 is 29.3 Å². The predicted molar refractivity (Wildman–Crippen MR) is 67.9 cm³/mol. The molecule has 7 nitrogen and oxygen atoms in total. The number of hydrogen-bond donors (Lipinski definition) is 2. The maximum atomic E-state index is 12.3. The van der Waals surface area contributed by atoms with Crippen LogP contribution in [0.25, 0.3) is 0 Å². The summed E-state index contributed by atoms with van der Waals surface area (Å²) in [6, 6.07) is 4.34. The lowest BCUT2D eigenvalue weighted by Gasteiger charge is -2.31. The van der Waals surface area contributed by atoms with Gasteiger partial charge in [-0.15, -0.1) is 0 Å². The Hall–Kier alpha value is -2.28. The van der Waals surface area contributed by atoms with E-state index in [2.05, 4.69) is 0 Å². The molecule has 1 aliphatic rings. The summed E-state index contributed by atoms with van der Waals surface area (Å²) in [5.41, 5.74) is 0.108.